The molecule has 0 amide bonds. The molecule has 3 aromatic rings. The number of imidazole rings is 1. The lowest BCUT2D eigenvalue weighted by molar-refractivity contribution is 0.423. The second kappa shape index (κ2) is 7.51. The van der Waals surface area contributed by atoms with E-state index >= 15 is 0 Å². The molecule has 0 unspecified atom stereocenters. The number of allylic oxidation sites excluding steroid dienone is 1. The van der Waals surface area contributed by atoms with Crippen molar-refractivity contribution in [3.8, 4) is 5.75 Å². The van der Waals surface area contributed by atoms with E-state index in [4.69, 9.17) is 4.99 Å². The lowest BCUT2D eigenvalue weighted by Crippen LogP contribution is -2.17. The Bertz CT molecular complexity index is 1040. The van der Waals surface area contributed by atoms with Crippen LogP contribution in [0.5, 0.6) is 5.75 Å². The van der Waals surface area contributed by atoms with Crippen molar-refractivity contribution >= 4 is 23.2 Å². The van der Waals surface area contributed by atoms with Crippen molar-refractivity contribution in [3.63, 3.8) is 0 Å². The summed E-state index contributed by atoms with van der Waals surface area (Å²) >= 11 is 0. The maximum Gasteiger partial charge on any atom is 0.230 e. The fourth-order valence-corrected chi connectivity index (χ4v) is 3.48. The Morgan fingerprint density at radius 2 is 1.62 bits per heavy atom. The first-order chi connectivity index (χ1) is 13.5. The molecule has 0 aliphatic rings. The maximum atomic E-state index is 10.9. The first-order valence-electron chi connectivity index (χ1n) is 10.0. The number of hydrogen-bond donors (Lipinski definition) is 1. The van der Waals surface area contributed by atoms with Gasteiger partial charge in [0.15, 0.2) is 0 Å². The van der Waals surface area contributed by atoms with Crippen LogP contribution in [0.25, 0.3) is 11.0 Å². The van der Waals surface area contributed by atoms with E-state index in [2.05, 4.69) is 57.7 Å². The number of para-hydroxylation sites is 2. The Kier molecular flexibility index (Phi) is 5.40. The summed E-state index contributed by atoms with van der Waals surface area (Å²) in [6.07, 6.45) is 3.69. The van der Waals surface area contributed by atoms with Crippen molar-refractivity contribution in [2.45, 2.75) is 58.9 Å². The molecule has 0 spiro atoms. The molecular weight excluding hydrogens is 358 g/mol. The Morgan fingerprint density at radius 1 is 1.03 bits per heavy atom. The van der Waals surface area contributed by atoms with Crippen LogP contribution in [0.3, 0.4) is 0 Å². The van der Waals surface area contributed by atoms with Crippen molar-refractivity contribution < 1.29 is 5.11 Å². The average molecular weight is 390 g/mol. The minimum Gasteiger partial charge on any atom is -0.507 e. The average Bonchev–Trinajstić information content (AvgIpc) is 2.97. The van der Waals surface area contributed by atoms with Gasteiger partial charge in [-0.05, 0) is 40.7 Å². The second-order valence-electron chi connectivity index (χ2n) is 9.52. The summed E-state index contributed by atoms with van der Waals surface area (Å²) in [7, 11) is 0. The van der Waals surface area contributed by atoms with Gasteiger partial charge in [0.05, 0.1) is 11.0 Å². The van der Waals surface area contributed by atoms with Crippen molar-refractivity contribution in [2.24, 2.45) is 4.99 Å². The largest absolute Gasteiger partial charge is 0.507 e. The Balaban J connectivity index is 2.13. The predicted molar refractivity (Wildman–Crippen MR) is 123 cm³/mol. The minimum atomic E-state index is -0.177. The third-order valence-corrected chi connectivity index (χ3v) is 5.02. The van der Waals surface area contributed by atoms with Crippen LogP contribution < -0.4 is 0 Å². The zero-order chi connectivity index (χ0) is 21.4. The normalized spacial score (nSPS) is 12.8. The standard InChI is InChI=1S/C25H31N3O/c1-8-13-28-21-12-10-9-11-20(21)27-23(28)26-16-17-14-18(24(2,3)4)22(29)19(15-17)25(5,6)7/h8-12,14-16,29H,1,13H2,2-7H3/b26-16+. The number of phenolic OH excluding ortho intramolecular Hbond substituents is 1. The molecule has 152 valence electrons. The summed E-state index contributed by atoms with van der Waals surface area (Å²) in [4.78, 5) is 9.38. The van der Waals surface area contributed by atoms with Gasteiger partial charge in [-0.2, -0.15) is 0 Å². The molecule has 4 heteroatoms. The molecule has 1 N–H and O–H groups in total. The van der Waals surface area contributed by atoms with Crippen LogP contribution in [0.15, 0.2) is 54.0 Å². The van der Waals surface area contributed by atoms with Crippen molar-refractivity contribution in [1.29, 1.82) is 0 Å². The molecule has 0 aliphatic heterocycles. The molecule has 4 nitrogen and oxygen atoms in total. The van der Waals surface area contributed by atoms with Gasteiger partial charge in [0.2, 0.25) is 5.95 Å². The van der Waals surface area contributed by atoms with Gasteiger partial charge in [0.1, 0.15) is 5.75 Å². The van der Waals surface area contributed by atoms with Gasteiger partial charge in [0.25, 0.3) is 0 Å². The summed E-state index contributed by atoms with van der Waals surface area (Å²) in [5.41, 5.74) is 4.40. The van der Waals surface area contributed by atoms with Gasteiger partial charge >= 0.3 is 0 Å². The van der Waals surface area contributed by atoms with Crippen molar-refractivity contribution in [3.05, 3.63) is 65.7 Å². The number of phenols is 1. The van der Waals surface area contributed by atoms with E-state index in [0.717, 1.165) is 27.7 Å². The number of aromatic nitrogens is 2. The molecule has 0 atom stereocenters. The van der Waals surface area contributed by atoms with Crippen LogP contribution in [0.2, 0.25) is 0 Å². The summed E-state index contributed by atoms with van der Waals surface area (Å²) in [5, 5.41) is 10.9. The van der Waals surface area contributed by atoms with Gasteiger partial charge in [-0.15, -0.1) is 6.58 Å². The smallest absolute Gasteiger partial charge is 0.230 e. The van der Waals surface area contributed by atoms with Crippen LogP contribution in [0, 0.1) is 0 Å². The number of hydrogen-bond acceptors (Lipinski definition) is 3. The summed E-state index contributed by atoms with van der Waals surface area (Å²) < 4.78 is 2.05. The number of nitrogens with zero attached hydrogens (tertiary/aromatic N) is 3. The number of benzene rings is 2. The fraction of sp³-hybridized carbons (Fsp3) is 0.360. The summed E-state index contributed by atoms with van der Waals surface area (Å²) in [6.45, 7) is 17.2. The fourth-order valence-electron chi connectivity index (χ4n) is 3.48. The molecular formula is C25H31N3O. The first kappa shape index (κ1) is 20.8. The molecule has 1 aromatic heterocycles. The monoisotopic (exact) mass is 389 g/mol. The maximum absolute atomic E-state index is 10.9. The second-order valence-corrected chi connectivity index (χ2v) is 9.52. The minimum absolute atomic E-state index is 0.177. The van der Waals surface area contributed by atoms with E-state index in [9.17, 15) is 5.11 Å². The van der Waals surface area contributed by atoms with E-state index in [0.29, 0.717) is 18.2 Å². The topological polar surface area (TPSA) is 50.4 Å². The van der Waals surface area contributed by atoms with Crippen LogP contribution >= 0.6 is 0 Å². The SMILES string of the molecule is C=CCn1c(/N=C/c2cc(C(C)(C)C)c(O)c(C(C)(C)C)c2)nc2ccccc21. The lowest BCUT2D eigenvalue weighted by Gasteiger charge is -2.27. The highest BCUT2D eigenvalue weighted by Gasteiger charge is 2.26. The molecule has 0 saturated carbocycles. The predicted octanol–water partition coefficient (Wildman–Crippen LogP) is 6.27. The zero-order valence-corrected chi connectivity index (χ0v) is 18.3. The Hall–Kier alpha value is -2.88. The highest BCUT2D eigenvalue weighted by molar-refractivity contribution is 5.85. The van der Waals surface area contributed by atoms with Gasteiger partial charge in [0, 0.05) is 23.9 Å². The molecule has 0 fully saturated rings. The third kappa shape index (κ3) is 4.26. The molecule has 0 radical (unpaired) electrons. The summed E-state index contributed by atoms with van der Waals surface area (Å²) in [5.74, 6) is 1.02. The van der Waals surface area contributed by atoms with Crippen molar-refractivity contribution in [1.82, 2.24) is 9.55 Å². The number of rotatable bonds is 4. The highest BCUT2D eigenvalue weighted by atomic mass is 16.3. The molecule has 0 aliphatic carbocycles. The zero-order valence-electron chi connectivity index (χ0n) is 18.3. The van der Waals surface area contributed by atoms with E-state index < -0.39 is 0 Å². The Morgan fingerprint density at radius 3 is 2.17 bits per heavy atom. The third-order valence-electron chi connectivity index (χ3n) is 5.02. The number of aromatic hydroxyl groups is 1. The molecule has 29 heavy (non-hydrogen) atoms. The van der Waals surface area contributed by atoms with E-state index in [1.165, 1.54) is 0 Å². The molecule has 0 bridgehead atoms. The van der Waals surface area contributed by atoms with Gasteiger partial charge < -0.3 is 9.67 Å². The van der Waals surface area contributed by atoms with Crippen LogP contribution in [-0.4, -0.2) is 20.9 Å². The molecule has 2 aromatic carbocycles. The lowest BCUT2D eigenvalue weighted by atomic mass is 9.78. The number of aliphatic imine (C=N–C) groups is 1. The Labute approximate surface area is 173 Å². The van der Waals surface area contributed by atoms with E-state index in [-0.39, 0.29) is 10.8 Å². The van der Waals surface area contributed by atoms with Crippen LogP contribution in [0.1, 0.15) is 58.2 Å². The quantitative estimate of drug-likeness (QED) is 0.422. The van der Waals surface area contributed by atoms with Crippen LogP contribution in [-0.2, 0) is 17.4 Å². The van der Waals surface area contributed by atoms with Gasteiger partial charge in [-0.1, -0.05) is 59.8 Å². The van der Waals surface area contributed by atoms with Crippen molar-refractivity contribution in [2.75, 3.05) is 0 Å². The van der Waals surface area contributed by atoms with Crippen LogP contribution in [0.4, 0.5) is 5.95 Å². The first-order valence-corrected chi connectivity index (χ1v) is 10.0. The van der Waals surface area contributed by atoms with E-state index in [1.54, 1.807) is 0 Å². The molecule has 0 saturated heterocycles. The number of fused-ring (bicyclic) bond motifs is 1. The van der Waals surface area contributed by atoms with Gasteiger partial charge in [-0.25, -0.2) is 9.98 Å². The van der Waals surface area contributed by atoms with Gasteiger partial charge in [-0.3, -0.25) is 0 Å². The highest BCUT2D eigenvalue weighted by Crippen LogP contribution is 2.39. The summed E-state index contributed by atoms with van der Waals surface area (Å²) in [6, 6.07) is 12.1. The van der Waals surface area contributed by atoms with E-state index in [1.807, 2.05) is 48.7 Å². The molecule has 1 heterocycles. The molecule has 3 rings (SSSR count).